The van der Waals surface area contributed by atoms with Crippen LogP contribution in [0.1, 0.15) is 45.4 Å². The fourth-order valence-corrected chi connectivity index (χ4v) is 1.79. The molecular weight excluding hydrogens is 188 g/mol. The van der Waals surface area contributed by atoms with Gasteiger partial charge in [-0.1, -0.05) is 31.9 Å². The summed E-state index contributed by atoms with van der Waals surface area (Å²) in [5.74, 6) is 0.0174. The highest BCUT2D eigenvalue weighted by Crippen LogP contribution is 2.10. The van der Waals surface area contributed by atoms with E-state index in [1.54, 1.807) is 0 Å². The molecule has 0 fully saturated rings. The van der Waals surface area contributed by atoms with E-state index in [1.807, 2.05) is 0 Å². The fourth-order valence-electron chi connectivity index (χ4n) is 1.79. The van der Waals surface area contributed by atoms with Gasteiger partial charge in [-0.15, -0.1) is 0 Å². The second kappa shape index (κ2) is 6.62. The number of carbonyl (C=O) groups is 1. The SMILES string of the molecule is CCCC[C@H](N)C(=O)NC1CC=CCC1. The van der Waals surface area contributed by atoms with Crippen LogP contribution in [0.25, 0.3) is 0 Å². The molecule has 0 saturated heterocycles. The molecular formula is C12H22N2O. The highest BCUT2D eigenvalue weighted by Gasteiger charge is 2.17. The molecule has 2 atom stereocenters. The number of allylic oxidation sites excluding steroid dienone is 1. The van der Waals surface area contributed by atoms with Gasteiger partial charge in [-0.05, 0) is 25.7 Å². The third kappa shape index (κ3) is 4.47. The average Bonchev–Trinajstić information content (AvgIpc) is 2.27. The third-order valence-electron chi connectivity index (χ3n) is 2.82. The predicted molar refractivity (Wildman–Crippen MR) is 62.4 cm³/mol. The molecule has 86 valence electrons. The van der Waals surface area contributed by atoms with E-state index in [0.717, 1.165) is 38.5 Å². The monoisotopic (exact) mass is 210 g/mol. The molecule has 0 aromatic rings. The van der Waals surface area contributed by atoms with Crippen LogP contribution in [0.3, 0.4) is 0 Å². The summed E-state index contributed by atoms with van der Waals surface area (Å²) in [6.45, 7) is 2.11. The van der Waals surface area contributed by atoms with Crippen LogP contribution in [0.4, 0.5) is 0 Å². The Balaban J connectivity index is 2.24. The van der Waals surface area contributed by atoms with Gasteiger partial charge >= 0.3 is 0 Å². The Bertz CT molecular complexity index is 226. The largest absolute Gasteiger partial charge is 0.352 e. The minimum Gasteiger partial charge on any atom is -0.352 e. The lowest BCUT2D eigenvalue weighted by Crippen LogP contribution is -2.45. The number of nitrogens with two attached hydrogens (primary N) is 1. The molecule has 1 amide bonds. The zero-order valence-electron chi connectivity index (χ0n) is 9.54. The summed E-state index contributed by atoms with van der Waals surface area (Å²) in [6, 6.07) is -0.0222. The van der Waals surface area contributed by atoms with Crippen LogP contribution >= 0.6 is 0 Å². The van der Waals surface area contributed by atoms with Crippen LogP contribution in [0.2, 0.25) is 0 Å². The normalized spacial score (nSPS) is 22.4. The Morgan fingerprint density at radius 3 is 3.00 bits per heavy atom. The first-order chi connectivity index (χ1) is 7.24. The number of rotatable bonds is 5. The molecule has 0 aromatic carbocycles. The minimum absolute atomic E-state index is 0.0174. The Hall–Kier alpha value is -0.830. The maximum Gasteiger partial charge on any atom is 0.237 e. The van der Waals surface area contributed by atoms with Gasteiger partial charge in [0.15, 0.2) is 0 Å². The number of unbranched alkanes of at least 4 members (excludes halogenated alkanes) is 1. The van der Waals surface area contributed by atoms with Crippen molar-refractivity contribution < 1.29 is 4.79 Å². The minimum atomic E-state index is -0.323. The van der Waals surface area contributed by atoms with Gasteiger partial charge in [0, 0.05) is 6.04 Å². The maximum atomic E-state index is 11.7. The second-order valence-corrected chi connectivity index (χ2v) is 4.24. The lowest BCUT2D eigenvalue weighted by molar-refractivity contribution is -0.123. The van der Waals surface area contributed by atoms with Gasteiger partial charge < -0.3 is 11.1 Å². The molecule has 15 heavy (non-hydrogen) atoms. The van der Waals surface area contributed by atoms with Crippen LogP contribution < -0.4 is 11.1 Å². The molecule has 3 nitrogen and oxygen atoms in total. The van der Waals surface area contributed by atoms with E-state index in [4.69, 9.17) is 5.73 Å². The molecule has 0 aliphatic heterocycles. The van der Waals surface area contributed by atoms with E-state index in [0.29, 0.717) is 6.04 Å². The smallest absolute Gasteiger partial charge is 0.237 e. The zero-order chi connectivity index (χ0) is 11.1. The first-order valence-corrected chi connectivity index (χ1v) is 5.95. The zero-order valence-corrected chi connectivity index (χ0v) is 9.54. The summed E-state index contributed by atoms with van der Waals surface area (Å²) >= 11 is 0. The average molecular weight is 210 g/mol. The topological polar surface area (TPSA) is 55.1 Å². The number of hydrogen-bond donors (Lipinski definition) is 2. The van der Waals surface area contributed by atoms with Crippen LogP contribution in [0.5, 0.6) is 0 Å². The summed E-state index contributed by atoms with van der Waals surface area (Å²) < 4.78 is 0. The van der Waals surface area contributed by atoms with Crippen molar-refractivity contribution in [2.75, 3.05) is 0 Å². The molecule has 0 aromatic heterocycles. The first-order valence-electron chi connectivity index (χ1n) is 5.95. The number of amides is 1. The van der Waals surface area contributed by atoms with E-state index in [9.17, 15) is 4.79 Å². The van der Waals surface area contributed by atoms with Crippen molar-refractivity contribution in [1.29, 1.82) is 0 Å². The van der Waals surface area contributed by atoms with Gasteiger partial charge in [0.25, 0.3) is 0 Å². The van der Waals surface area contributed by atoms with E-state index >= 15 is 0 Å². The van der Waals surface area contributed by atoms with E-state index < -0.39 is 0 Å². The highest BCUT2D eigenvalue weighted by molar-refractivity contribution is 5.81. The van der Waals surface area contributed by atoms with Crippen molar-refractivity contribution in [2.45, 2.75) is 57.5 Å². The third-order valence-corrected chi connectivity index (χ3v) is 2.82. The molecule has 3 heteroatoms. The standard InChI is InChI=1S/C12H22N2O/c1-2-3-9-11(13)12(15)14-10-7-5-4-6-8-10/h4-5,10-11H,2-3,6-9,13H2,1H3,(H,14,15)/t10?,11-/m0/s1. The van der Waals surface area contributed by atoms with Crippen LogP contribution in [0, 0.1) is 0 Å². The van der Waals surface area contributed by atoms with E-state index in [2.05, 4.69) is 24.4 Å². The summed E-state index contributed by atoms with van der Waals surface area (Å²) in [7, 11) is 0. The van der Waals surface area contributed by atoms with Crippen LogP contribution in [0.15, 0.2) is 12.2 Å². The lowest BCUT2D eigenvalue weighted by atomic mass is 10.0. The van der Waals surface area contributed by atoms with Gasteiger partial charge in [-0.2, -0.15) is 0 Å². The van der Waals surface area contributed by atoms with Crippen LogP contribution in [-0.4, -0.2) is 18.0 Å². The Labute approximate surface area is 92.1 Å². The van der Waals surface area contributed by atoms with Gasteiger partial charge in [-0.25, -0.2) is 0 Å². The molecule has 0 heterocycles. The molecule has 1 aliphatic rings. The van der Waals surface area contributed by atoms with Crippen LogP contribution in [-0.2, 0) is 4.79 Å². The Morgan fingerprint density at radius 2 is 2.40 bits per heavy atom. The molecule has 1 rings (SSSR count). The van der Waals surface area contributed by atoms with Gasteiger partial charge in [0.1, 0.15) is 0 Å². The molecule has 1 aliphatic carbocycles. The molecule has 0 radical (unpaired) electrons. The number of hydrogen-bond acceptors (Lipinski definition) is 2. The number of carbonyl (C=O) groups excluding carboxylic acids is 1. The van der Waals surface area contributed by atoms with Crippen molar-refractivity contribution in [3.63, 3.8) is 0 Å². The second-order valence-electron chi connectivity index (χ2n) is 4.24. The summed E-state index contributed by atoms with van der Waals surface area (Å²) in [5, 5.41) is 3.01. The Morgan fingerprint density at radius 1 is 1.60 bits per heavy atom. The molecule has 0 bridgehead atoms. The summed E-state index contributed by atoms with van der Waals surface area (Å²) in [5.41, 5.74) is 5.79. The molecule has 1 unspecified atom stereocenters. The van der Waals surface area contributed by atoms with Crippen molar-refractivity contribution >= 4 is 5.91 Å². The molecule has 0 saturated carbocycles. The Kier molecular flexibility index (Phi) is 5.40. The van der Waals surface area contributed by atoms with Gasteiger partial charge in [-0.3, -0.25) is 4.79 Å². The van der Waals surface area contributed by atoms with Crippen molar-refractivity contribution in [1.82, 2.24) is 5.32 Å². The fraction of sp³-hybridized carbons (Fsp3) is 0.750. The van der Waals surface area contributed by atoms with Crippen molar-refractivity contribution in [2.24, 2.45) is 5.73 Å². The van der Waals surface area contributed by atoms with Crippen molar-refractivity contribution in [3.8, 4) is 0 Å². The number of nitrogens with one attached hydrogen (secondary N) is 1. The first kappa shape index (κ1) is 12.2. The van der Waals surface area contributed by atoms with Gasteiger partial charge in [0.2, 0.25) is 5.91 Å². The van der Waals surface area contributed by atoms with E-state index in [1.165, 1.54) is 0 Å². The summed E-state index contributed by atoms with van der Waals surface area (Å²) in [6.07, 6.45) is 10.3. The lowest BCUT2D eigenvalue weighted by Gasteiger charge is -2.21. The summed E-state index contributed by atoms with van der Waals surface area (Å²) in [4.78, 5) is 11.7. The molecule has 3 N–H and O–H groups in total. The van der Waals surface area contributed by atoms with Gasteiger partial charge in [0.05, 0.1) is 6.04 Å². The maximum absolute atomic E-state index is 11.7. The predicted octanol–water partition coefficient (Wildman–Crippen LogP) is 1.73. The molecule has 0 spiro atoms. The quantitative estimate of drug-likeness (QED) is 0.679. The highest BCUT2D eigenvalue weighted by atomic mass is 16.2. The van der Waals surface area contributed by atoms with E-state index in [-0.39, 0.29) is 11.9 Å². The van der Waals surface area contributed by atoms with Crippen molar-refractivity contribution in [3.05, 3.63) is 12.2 Å².